The van der Waals surface area contributed by atoms with Crippen molar-refractivity contribution in [3.63, 3.8) is 0 Å². The van der Waals surface area contributed by atoms with Crippen molar-refractivity contribution in [2.24, 2.45) is 0 Å². The van der Waals surface area contributed by atoms with E-state index in [2.05, 4.69) is 10.3 Å². The molecule has 0 aliphatic rings. The summed E-state index contributed by atoms with van der Waals surface area (Å²) in [5.41, 5.74) is 1.44. The first-order valence-corrected chi connectivity index (χ1v) is 9.60. The number of benzene rings is 2. The van der Waals surface area contributed by atoms with Gasteiger partial charge in [0.15, 0.2) is 11.8 Å². The third kappa shape index (κ3) is 4.68. The van der Waals surface area contributed by atoms with E-state index in [0.717, 1.165) is 5.56 Å². The third-order valence-corrected chi connectivity index (χ3v) is 4.93. The van der Waals surface area contributed by atoms with Crippen LogP contribution in [0.5, 0.6) is 5.75 Å². The minimum atomic E-state index is -1.01. The summed E-state index contributed by atoms with van der Waals surface area (Å²) in [5.74, 6) is -0.629. The van der Waals surface area contributed by atoms with E-state index in [1.54, 1.807) is 47.8 Å². The maximum atomic E-state index is 12.3. The number of carbonyl (C=O) groups is 2. The molecule has 0 radical (unpaired) electrons. The van der Waals surface area contributed by atoms with Crippen LogP contribution in [0.2, 0.25) is 5.02 Å². The Kier molecular flexibility index (Phi) is 6.28. The molecule has 0 spiro atoms. The number of carbonyl (C=O) groups excluding carboxylic acids is 2. The first kappa shape index (κ1) is 19.9. The summed E-state index contributed by atoms with van der Waals surface area (Å²) < 4.78 is 10.4. The normalized spacial score (nSPS) is 11.5. The van der Waals surface area contributed by atoms with Gasteiger partial charge in [0.05, 0.1) is 12.8 Å². The average molecular weight is 417 g/mol. The molecule has 1 heterocycles. The number of methoxy groups -OCH3 is 1. The van der Waals surface area contributed by atoms with Gasteiger partial charge in [-0.25, -0.2) is 9.78 Å². The number of para-hydroxylation sites is 2. The highest BCUT2D eigenvalue weighted by Crippen LogP contribution is 2.27. The van der Waals surface area contributed by atoms with Gasteiger partial charge in [-0.2, -0.15) is 0 Å². The molecule has 1 aromatic heterocycles. The maximum absolute atomic E-state index is 12.3. The Hall–Kier alpha value is -2.90. The van der Waals surface area contributed by atoms with Gasteiger partial charge < -0.3 is 14.8 Å². The number of ether oxygens (including phenoxy) is 2. The molecule has 0 saturated carbocycles. The van der Waals surface area contributed by atoms with Crippen LogP contribution in [0.15, 0.2) is 53.9 Å². The van der Waals surface area contributed by atoms with Gasteiger partial charge in [0.1, 0.15) is 10.8 Å². The van der Waals surface area contributed by atoms with Gasteiger partial charge in [0.25, 0.3) is 5.91 Å². The lowest BCUT2D eigenvalue weighted by Gasteiger charge is -2.14. The molecule has 3 rings (SSSR count). The molecule has 6 nitrogen and oxygen atoms in total. The number of hydrogen-bond donors (Lipinski definition) is 1. The van der Waals surface area contributed by atoms with Crippen LogP contribution in [0.3, 0.4) is 0 Å². The summed E-state index contributed by atoms with van der Waals surface area (Å²) in [6.45, 7) is 1.49. The fourth-order valence-corrected chi connectivity index (χ4v) is 3.35. The Labute approximate surface area is 171 Å². The van der Waals surface area contributed by atoms with E-state index < -0.39 is 18.0 Å². The predicted molar refractivity (Wildman–Crippen MR) is 109 cm³/mol. The molecule has 3 aromatic rings. The number of amides is 1. The molecule has 0 bridgehead atoms. The lowest BCUT2D eigenvalue weighted by Crippen LogP contribution is -2.30. The van der Waals surface area contributed by atoms with Gasteiger partial charge >= 0.3 is 5.97 Å². The summed E-state index contributed by atoms with van der Waals surface area (Å²) in [7, 11) is 1.51. The number of hydrogen-bond acceptors (Lipinski definition) is 6. The minimum absolute atomic E-state index is 0.136. The monoisotopic (exact) mass is 416 g/mol. The number of halogens is 1. The van der Waals surface area contributed by atoms with E-state index in [4.69, 9.17) is 21.1 Å². The molecule has 0 aliphatic carbocycles. The number of anilines is 1. The molecule has 8 heteroatoms. The van der Waals surface area contributed by atoms with Crippen LogP contribution in [-0.4, -0.2) is 30.1 Å². The Morgan fingerprint density at radius 2 is 1.96 bits per heavy atom. The van der Waals surface area contributed by atoms with Crippen molar-refractivity contribution in [2.75, 3.05) is 12.4 Å². The number of thiazole rings is 1. The van der Waals surface area contributed by atoms with E-state index >= 15 is 0 Å². The summed E-state index contributed by atoms with van der Waals surface area (Å²) >= 11 is 7.28. The van der Waals surface area contributed by atoms with Crippen LogP contribution >= 0.6 is 22.9 Å². The van der Waals surface area contributed by atoms with E-state index in [1.807, 2.05) is 6.07 Å². The third-order valence-electron chi connectivity index (χ3n) is 3.80. The molecular weight excluding hydrogens is 400 g/mol. The molecule has 28 heavy (non-hydrogen) atoms. The van der Waals surface area contributed by atoms with Crippen molar-refractivity contribution in [3.05, 3.63) is 64.6 Å². The van der Waals surface area contributed by atoms with Crippen LogP contribution in [0, 0.1) is 0 Å². The molecule has 1 atom stereocenters. The second-order valence-electron chi connectivity index (χ2n) is 5.79. The van der Waals surface area contributed by atoms with Crippen LogP contribution in [0.25, 0.3) is 10.6 Å². The molecule has 1 N–H and O–H groups in total. The van der Waals surface area contributed by atoms with Crippen molar-refractivity contribution in [1.82, 2.24) is 4.98 Å². The minimum Gasteiger partial charge on any atom is -0.495 e. The topological polar surface area (TPSA) is 77.5 Å². The number of nitrogens with one attached hydrogen (secondary N) is 1. The van der Waals surface area contributed by atoms with Gasteiger partial charge in [-0.1, -0.05) is 35.9 Å². The van der Waals surface area contributed by atoms with E-state index in [9.17, 15) is 9.59 Å². The lowest BCUT2D eigenvalue weighted by atomic mass is 10.2. The van der Waals surface area contributed by atoms with Gasteiger partial charge in [-0.05, 0) is 31.2 Å². The number of aromatic nitrogens is 1. The Morgan fingerprint density at radius 1 is 1.18 bits per heavy atom. The van der Waals surface area contributed by atoms with Gasteiger partial charge in [0, 0.05) is 16.0 Å². The fourth-order valence-electron chi connectivity index (χ4n) is 2.38. The van der Waals surface area contributed by atoms with Crippen LogP contribution in [-0.2, 0) is 9.53 Å². The Balaban J connectivity index is 1.65. The fraction of sp³-hybridized carbons (Fsp3) is 0.150. The van der Waals surface area contributed by atoms with E-state index in [1.165, 1.54) is 25.4 Å². The second kappa shape index (κ2) is 8.86. The highest BCUT2D eigenvalue weighted by Gasteiger charge is 2.22. The average Bonchev–Trinajstić information content (AvgIpc) is 3.19. The largest absolute Gasteiger partial charge is 0.495 e. The quantitative estimate of drug-likeness (QED) is 0.591. The van der Waals surface area contributed by atoms with Crippen LogP contribution in [0.1, 0.15) is 17.4 Å². The summed E-state index contributed by atoms with van der Waals surface area (Å²) in [6, 6.07) is 14.2. The van der Waals surface area contributed by atoms with Crippen LogP contribution < -0.4 is 10.1 Å². The van der Waals surface area contributed by atoms with Gasteiger partial charge in [-0.3, -0.25) is 4.79 Å². The highest BCUT2D eigenvalue weighted by atomic mass is 35.5. The second-order valence-corrected chi connectivity index (χ2v) is 7.08. The molecule has 1 amide bonds. The molecule has 2 aromatic carbocycles. The molecule has 0 unspecified atom stereocenters. The molecule has 144 valence electrons. The van der Waals surface area contributed by atoms with Crippen molar-refractivity contribution in [1.29, 1.82) is 0 Å². The smallest absolute Gasteiger partial charge is 0.358 e. The van der Waals surface area contributed by atoms with Crippen LogP contribution in [0.4, 0.5) is 5.69 Å². The first-order valence-electron chi connectivity index (χ1n) is 8.34. The number of nitrogens with zero attached hydrogens (tertiary/aromatic N) is 1. The van der Waals surface area contributed by atoms with E-state index in [0.29, 0.717) is 21.5 Å². The van der Waals surface area contributed by atoms with Crippen molar-refractivity contribution < 1.29 is 19.1 Å². The van der Waals surface area contributed by atoms with Gasteiger partial charge in [0.2, 0.25) is 0 Å². The predicted octanol–water partition coefficient (Wildman–Crippen LogP) is 4.66. The van der Waals surface area contributed by atoms with Crippen molar-refractivity contribution in [2.45, 2.75) is 13.0 Å². The first-order chi connectivity index (χ1) is 13.5. The highest BCUT2D eigenvalue weighted by molar-refractivity contribution is 7.13. The Morgan fingerprint density at radius 3 is 2.71 bits per heavy atom. The van der Waals surface area contributed by atoms with Crippen molar-refractivity contribution >= 4 is 40.5 Å². The zero-order valence-electron chi connectivity index (χ0n) is 15.1. The molecule has 0 fully saturated rings. The maximum Gasteiger partial charge on any atom is 0.358 e. The Bertz CT molecular complexity index is 1010. The zero-order chi connectivity index (χ0) is 20.1. The lowest BCUT2D eigenvalue weighted by molar-refractivity contribution is -0.123. The van der Waals surface area contributed by atoms with Gasteiger partial charge in [-0.15, -0.1) is 11.3 Å². The molecule has 0 aliphatic heterocycles. The molecule has 0 saturated heterocycles. The SMILES string of the molecule is COc1ccccc1NC(=O)[C@@H](C)OC(=O)c1csc(-c2cccc(Cl)c2)n1. The molecular formula is C20H17ClN2O4S. The number of rotatable bonds is 6. The zero-order valence-corrected chi connectivity index (χ0v) is 16.7. The summed E-state index contributed by atoms with van der Waals surface area (Å²) in [6.07, 6.45) is -1.01. The van der Waals surface area contributed by atoms with Crippen molar-refractivity contribution in [3.8, 4) is 16.3 Å². The number of esters is 1. The standard InChI is InChI=1S/C20H17ClN2O4S/c1-12(18(24)22-15-8-3-4-9-17(15)26-2)27-20(25)16-11-28-19(23-16)13-6-5-7-14(21)10-13/h3-12H,1-2H3,(H,22,24)/t12-/m1/s1. The summed E-state index contributed by atoms with van der Waals surface area (Å²) in [5, 5.41) is 5.49. The summed E-state index contributed by atoms with van der Waals surface area (Å²) in [4.78, 5) is 29.0. The van der Waals surface area contributed by atoms with E-state index in [-0.39, 0.29) is 5.69 Å².